The summed E-state index contributed by atoms with van der Waals surface area (Å²) < 4.78 is 28.6. The van der Waals surface area contributed by atoms with Crippen LogP contribution in [-0.4, -0.2) is 19.3 Å². The summed E-state index contributed by atoms with van der Waals surface area (Å²) in [7, 11) is -3.52. The van der Waals surface area contributed by atoms with Crippen molar-refractivity contribution in [3.8, 4) is 0 Å². The third kappa shape index (κ3) is 2.87. The number of hydrogen-bond donors (Lipinski definition) is 1. The van der Waals surface area contributed by atoms with Gasteiger partial charge in [0.15, 0.2) is 0 Å². The molecular formula is C16H18BrNO2S. The van der Waals surface area contributed by atoms with Crippen LogP contribution >= 0.6 is 15.9 Å². The SMILES string of the molecule is O=S(=O)(NC1(CBr)CCCC1)c1cccc2ccccc12. The van der Waals surface area contributed by atoms with Crippen LogP contribution in [0.4, 0.5) is 0 Å². The maximum absolute atomic E-state index is 12.8. The molecule has 21 heavy (non-hydrogen) atoms. The molecule has 3 rings (SSSR count). The molecule has 3 nitrogen and oxygen atoms in total. The Morgan fingerprint density at radius 1 is 1.05 bits per heavy atom. The van der Waals surface area contributed by atoms with Gasteiger partial charge in [0.2, 0.25) is 10.0 Å². The monoisotopic (exact) mass is 367 g/mol. The molecule has 5 heteroatoms. The molecule has 0 amide bonds. The van der Waals surface area contributed by atoms with Gasteiger partial charge in [-0.3, -0.25) is 0 Å². The molecule has 0 aromatic heterocycles. The van der Waals surface area contributed by atoms with Gasteiger partial charge in [0, 0.05) is 16.3 Å². The second-order valence-corrected chi connectivity index (χ2v) is 7.92. The Labute approximate surface area is 133 Å². The van der Waals surface area contributed by atoms with Crippen LogP contribution in [0.15, 0.2) is 47.4 Å². The van der Waals surface area contributed by atoms with Gasteiger partial charge >= 0.3 is 0 Å². The van der Waals surface area contributed by atoms with Crippen LogP contribution in [0.3, 0.4) is 0 Å². The van der Waals surface area contributed by atoms with Crippen molar-refractivity contribution in [2.75, 3.05) is 5.33 Å². The van der Waals surface area contributed by atoms with E-state index in [9.17, 15) is 8.42 Å². The minimum Gasteiger partial charge on any atom is -0.207 e. The number of sulfonamides is 1. The number of nitrogens with one attached hydrogen (secondary N) is 1. The number of fused-ring (bicyclic) bond motifs is 1. The number of benzene rings is 2. The fourth-order valence-electron chi connectivity index (χ4n) is 3.08. The number of alkyl halides is 1. The van der Waals surface area contributed by atoms with Gasteiger partial charge in [-0.2, -0.15) is 0 Å². The predicted octanol–water partition coefficient (Wildman–Crippen LogP) is 3.83. The van der Waals surface area contributed by atoms with Gasteiger partial charge in [0.25, 0.3) is 0 Å². The van der Waals surface area contributed by atoms with Gasteiger partial charge in [-0.15, -0.1) is 0 Å². The molecule has 0 heterocycles. The fraction of sp³-hybridized carbons (Fsp3) is 0.375. The van der Waals surface area contributed by atoms with Crippen molar-refractivity contribution in [1.82, 2.24) is 4.72 Å². The molecule has 0 saturated heterocycles. The molecule has 1 aliphatic carbocycles. The molecule has 1 N–H and O–H groups in total. The maximum Gasteiger partial charge on any atom is 0.241 e. The second kappa shape index (κ2) is 5.71. The maximum atomic E-state index is 12.8. The van der Waals surface area contributed by atoms with Gasteiger partial charge in [-0.25, -0.2) is 13.1 Å². The molecule has 1 fully saturated rings. The smallest absolute Gasteiger partial charge is 0.207 e. The highest BCUT2D eigenvalue weighted by molar-refractivity contribution is 9.09. The molecule has 0 radical (unpaired) electrons. The lowest BCUT2D eigenvalue weighted by Gasteiger charge is -2.28. The summed E-state index contributed by atoms with van der Waals surface area (Å²) in [5.74, 6) is 0. The van der Waals surface area contributed by atoms with Gasteiger partial charge in [0.05, 0.1) is 4.90 Å². The average molecular weight is 368 g/mol. The Balaban J connectivity index is 2.04. The topological polar surface area (TPSA) is 46.2 Å². The first kappa shape index (κ1) is 15.0. The van der Waals surface area contributed by atoms with E-state index in [1.807, 2.05) is 30.3 Å². The van der Waals surface area contributed by atoms with Gasteiger partial charge < -0.3 is 0 Å². The Morgan fingerprint density at radius 2 is 1.71 bits per heavy atom. The van der Waals surface area contributed by atoms with E-state index in [1.54, 1.807) is 12.1 Å². The first-order chi connectivity index (χ1) is 10.1. The van der Waals surface area contributed by atoms with Crippen molar-refractivity contribution in [3.05, 3.63) is 42.5 Å². The molecule has 1 saturated carbocycles. The minimum atomic E-state index is -3.52. The zero-order chi connectivity index (χ0) is 14.9. The third-order valence-electron chi connectivity index (χ3n) is 4.21. The van der Waals surface area contributed by atoms with Crippen LogP contribution in [0.1, 0.15) is 25.7 Å². The van der Waals surface area contributed by atoms with Crippen molar-refractivity contribution in [1.29, 1.82) is 0 Å². The molecule has 0 spiro atoms. The summed E-state index contributed by atoms with van der Waals surface area (Å²) >= 11 is 3.48. The summed E-state index contributed by atoms with van der Waals surface area (Å²) in [4.78, 5) is 0.368. The van der Waals surface area contributed by atoms with Gasteiger partial charge in [-0.05, 0) is 24.3 Å². The minimum absolute atomic E-state index is 0.338. The van der Waals surface area contributed by atoms with Crippen LogP contribution in [0.2, 0.25) is 0 Å². The van der Waals surface area contributed by atoms with E-state index in [0.29, 0.717) is 10.2 Å². The molecule has 0 aliphatic heterocycles. The largest absolute Gasteiger partial charge is 0.241 e. The van der Waals surface area contributed by atoms with Crippen LogP contribution in [0, 0.1) is 0 Å². The molecule has 0 unspecified atom stereocenters. The standard InChI is InChI=1S/C16H18BrNO2S/c17-12-16(10-3-4-11-16)18-21(19,20)15-9-5-7-13-6-1-2-8-14(13)15/h1-2,5-9,18H,3-4,10-12H2. The lowest BCUT2D eigenvalue weighted by Crippen LogP contribution is -2.47. The van der Waals surface area contributed by atoms with E-state index in [0.717, 1.165) is 36.5 Å². The predicted molar refractivity (Wildman–Crippen MR) is 89.3 cm³/mol. The Hall–Kier alpha value is -0.910. The van der Waals surface area contributed by atoms with Crippen molar-refractivity contribution < 1.29 is 8.42 Å². The van der Waals surface area contributed by atoms with Crippen LogP contribution in [0.25, 0.3) is 10.8 Å². The van der Waals surface area contributed by atoms with E-state index >= 15 is 0 Å². The number of halogens is 1. The Morgan fingerprint density at radius 3 is 2.43 bits per heavy atom. The Bertz CT molecular complexity index is 746. The summed E-state index contributed by atoms with van der Waals surface area (Å²) in [5, 5.41) is 2.37. The van der Waals surface area contributed by atoms with E-state index in [2.05, 4.69) is 20.7 Å². The highest BCUT2D eigenvalue weighted by Crippen LogP contribution is 2.33. The normalized spacial score (nSPS) is 18.1. The molecular weight excluding hydrogens is 350 g/mol. The molecule has 0 bridgehead atoms. The van der Waals surface area contributed by atoms with E-state index in [4.69, 9.17) is 0 Å². The molecule has 1 aliphatic rings. The van der Waals surface area contributed by atoms with E-state index < -0.39 is 10.0 Å². The average Bonchev–Trinajstić information content (AvgIpc) is 2.95. The van der Waals surface area contributed by atoms with Crippen molar-refractivity contribution in [3.63, 3.8) is 0 Å². The molecule has 2 aromatic rings. The summed E-state index contributed by atoms with van der Waals surface area (Å²) in [6, 6.07) is 13.0. The zero-order valence-electron chi connectivity index (χ0n) is 11.7. The summed E-state index contributed by atoms with van der Waals surface area (Å²) in [5.41, 5.74) is -0.338. The first-order valence-corrected chi connectivity index (χ1v) is 9.75. The zero-order valence-corrected chi connectivity index (χ0v) is 14.1. The van der Waals surface area contributed by atoms with Crippen molar-refractivity contribution in [2.45, 2.75) is 36.1 Å². The quantitative estimate of drug-likeness (QED) is 0.834. The van der Waals surface area contributed by atoms with E-state index in [1.165, 1.54) is 0 Å². The van der Waals surface area contributed by atoms with Crippen molar-refractivity contribution in [2.24, 2.45) is 0 Å². The number of rotatable bonds is 4. The second-order valence-electron chi connectivity index (χ2n) is 5.70. The van der Waals surface area contributed by atoms with Crippen LogP contribution in [0.5, 0.6) is 0 Å². The number of hydrogen-bond acceptors (Lipinski definition) is 2. The first-order valence-electron chi connectivity index (χ1n) is 7.14. The van der Waals surface area contributed by atoms with E-state index in [-0.39, 0.29) is 5.54 Å². The molecule has 112 valence electrons. The lowest BCUT2D eigenvalue weighted by atomic mass is 10.0. The highest BCUT2D eigenvalue weighted by Gasteiger charge is 2.37. The molecule has 2 aromatic carbocycles. The van der Waals surface area contributed by atoms with Gasteiger partial charge in [0.1, 0.15) is 0 Å². The Kier molecular flexibility index (Phi) is 4.08. The van der Waals surface area contributed by atoms with Crippen LogP contribution in [-0.2, 0) is 10.0 Å². The van der Waals surface area contributed by atoms with Crippen molar-refractivity contribution >= 4 is 36.7 Å². The molecule has 0 atom stereocenters. The third-order valence-corrected chi connectivity index (χ3v) is 6.92. The van der Waals surface area contributed by atoms with Gasteiger partial charge in [-0.1, -0.05) is 65.2 Å². The fourth-order valence-corrected chi connectivity index (χ4v) is 5.66. The van der Waals surface area contributed by atoms with Crippen LogP contribution < -0.4 is 4.72 Å². The summed E-state index contributed by atoms with van der Waals surface area (Å²) in [6.07, 6.45) is 3.93. The lowest BCUT2D eigenvalue weighted by molar-refractivity contribution is 0.438. The summed E-state index contributed by atoms with van der Waals surface area (Å²) in [6.45, 7) is 0. The highest BCUT2D eigenvalue weighted by atomic mass is 79.9.